The van der Waals surface area contributed by atoms with Crippen LogP contribution in [0.5, 0.6) is 17.2 Å². The third kappa shape index (κ3) is 5.40. The second-order valence-electron chi connectivity index (χ2n) is 10.2. The van der Waals surface area contributed by atoms with Crippen LogP contribution in [0.2, 0.25) is 0 Å². The fourth-order valence-corrected chi connectivity index (χ4v) is 5.14. The summed E-state index contributed by atoms with van der Waals surface area (Å²) >= 11 is 0. The van der Waals surface area contributed by atoms with Gasteiger partial charge in [0, 0.05) is 6.07 Å². The molecule has 42 heavy (non-hydrogen) atoms. The molecule has 0 spiro atoms. The number of aliphatic hydroxyl groups is 7. The molecule has 3 heterocycles. The Morgan fingerprint density at radius 2 is 1.40 bits per heavy atom. The van der Waals surface area contributed by atoms with Gasteiger partial charge in [0.15, 0.2) is 6.29 Å². The molecule has 0 radical (unpaired) electrons. The normalized spacial score (nSPS) is 33.6. The van der Waals surface area contributed by atoms with E-state index < -0.39 is 86.0 Å². The Kier molecular flexibility index (Phi) is 8.60. The Bertz CT molecular complexity index is 1490. The first kappa shape index (κ1) is 30.4. The lowest BCUT2D eigenvalue weighted by Crippen LogP contribution is -2.62. The molecule has 5 rings (SSSR count). The molecule has 2 aliphatic rings. The molecule has 0 saturated carbocycles. The highest BCUT2D eigenvalue weighted by molar-refractivity contribution is 6.07. The Morgan fingerprint density at radius 1 is 0.786 bits per heavy atom. The highest BCUT2D eigenvalue weighted by atomic mass is 16.7. The molecule has 0 amide bonds. The van der Waals surface area contributed by atoms with E-state index in [9.17, 15) is 45.6 Å². The molecule has 0 unspecified atom stereocenters. The molecule has 8 N–H and O–H groups in total. The minimum atomic E-state index is -1.81. The van der Waals surface area contributed by atoms with Crippen LogP contribution in [0.25, 0.3) is 21.5 Å². The summed E-state index contributed by atoms with van der Waals surface area (Å²) in [5.41, 5.74) is -0.788. The molecule has 2 aliphatic heterocycles. The van der Waals surface area contributed by atoms with Crippen molar-refractivity contribution < 1.29 is 69.0 Å². The lowest BCUT2D eigenvalue weighted by Gasteiger charge is -2.42. The molecule has 15 heteroatoms. The van der Waals surface area contributed by atoms with Crippen LogP contribution in [0, 0.1) is 6.92 Å². The molecular formula is C27H32O15. The van der Waals surface area contributed by atoms with Gasteiger partial charge in [-0.1, -0.05) is 0 Å². The Labute approximate surface area is 237 Å². The summed E-state index contributed by atoms with van der Waals surface area (Å²) in [7, 11) is 1.39. The Balaban J connectivity index is 1.44. The van der Waals surface area contributed by atoms with Crippen LogP contribution in [0.3, 0.4) is 0 Å². The third-order valence-corrected chi connectivity index (χ3v) is 7.42. The molecule has 10 atom stereocenters. The van der Waals surface area contributed by atoms with E-state index in [1.54, 1.807) is 25.1 Å². The van der Waals surface area contributed by atoms with E-state index in [2.05, 4.69) is 0 Å². The maximum atomic E-state index is 12.6. The van der Waals surface area contributed by atoms with E-state index in [4.69, 9.17) is 28.1 Å². The molecule has 2 saturated heterocycles. The van der Waals surface area contributed by atoms with Gasteiger partial charge >= 0.3 is 5.63 Å². The third-order valence-electron chi connectivity index (χ3n) is 7.42. The summed E-state index contributed by atoms with van der Waals surface area (Å²) in [5, 5.41) is 83.1. The quantitative estimate of drug-likeness (QED) is 0.137. The van der Waals surface area contributed by atoms with Crippen LogP contribution in [0.1, 0.15) is 5.76 Å². The number of aliphatic hydroxyl groups excluding tert-OH is 7. The van der Waals surface area contributed by atoms with Crippen molar-refractivity contribution in [3.05, 3.63) is 40.4 Å². The highest BCUT2D eigenvalue weighted by Gasteiger charge is 2.48. The van der Waals surface area contributed by atoms with Crippen molar-refractivity contribution in [1.82, 2.24) is 0 Å². The summed E-state index contributed by atoms with van der Waals surface area (Å²) < 4.78 is 32.8. The molecular weight excluding hydrogens is 564 g/mol. The summed E-state index contributed by atoms with van der Waals surface area (Å²) in [6.45, 7) is 0.330. The van der Waals surface area contributed by atoms with E-state index in [1.807, 2.05) is 0 Å². The average molecular weight is 597 g/mol. The van der Waals surface area contributed by atoms with Gasteiger partial charge in [-0.15, -0.1) is 0 Å². The highest BCUT2D eigenvalue weighted by Crippen LogP contribution is 2.42. The second kappa shape index (κ2) is 11.9. The van der Waals surface area contributed by atoms with Crippen molar-refractivity contribution in [3.8, 4) is 17.2 Å². The van der Waals surface area contributed by atoms with Gasteiger partial charge in [0.1, 0.15) is 77.2 Å². The summed E-state index contributed by atoms with van der Waals surface area (Å²) in [6, 6.07) is 6.12. The monoisotopic (exact) mass is 596 g/mol. The molecule has 2 aromatic carbocycles. The number of aryl methyl sites for hydroxylation is 1. The van der Waals surface area contributed by atoms with Gasteiger partial charge in [-0.25, -0.2) is 4.79 Å². The number of methoxy groups -OCH3 is 1. The van der Waals surface area contributed by atoms with Crippen molar-refractivity contribution >= 4 is 21.5 Å². The van der Waals surface area contributed by atoms with Gasteiger partial charge < -0.3 is 69.0 Å². The maximum Gasteiger partial charge on any atom is 0.347 e. The van der Waals surface area contributed by atoms with Gasteiger partial charge in [-0.05, 0) is 35.9 Å². The first-order chi connectivity index (χ1) is 19.9. The van der Waals surface area contributed by atoms with E-state index in [0.29, 0.717) is 16.5 Å². The lowest BCUT2D eigenvalue weighted by molar-refractivity contribution is -0.323. The summed E-state index contributed by atoms with van der Waals surface area (Å²) in [4.78, 5) is 12.6. The summed E-state index contributed by atoms with van der Waals surface area (Å²) in [5.74, 6) is 0.0328. The van der Waals surface area contributed by atoms with Crippen molar-refractivity contribution in [2.75, 3.05) is 20.3 Å². The van der Waals surface area contributed by atoms with E-state index in [0.717, 1.165) is 0 Å². The van der Waals surface area contributed by atoms with Gasteiger partial charge in [0.2, 0.25) is 6.29 Å². The topological polar surface area (TPSA) is 238 Å². The average Bonchev–Trinajstić information content (AvgIpc) is 2.95. The van der Waals surface area contributed by atoms with E-state index in [1.165, 1.54) is 13.2 Å². The van der Waals surface area contributed by atoms with Gasteiger partial charge in [0.05, 0.1) is 25.7 Å². The Hall–Kier alpha value is -3.09. The van der Waals surface area contributed by atoms with Crippen molar-refractivity contribution in [2.24, 2.45) is 0 Å². The van der Waals surface area contributed by atoms with Crippen LogP contribution in [0.15, 0.2) is 33.5 Å². The molecule has 230 valence electrons. The number of rotatable bonds is 7. The zero-order valence-corrected chi connectivity index (χ0v) is 22.4. The predicted molar refractivity (Wildman–Crippen MR) is 140 cm³/mol. The number of fused-ring (bicyclic) bond motifs is 2. The van der Waals surface area contributed by atoms with Crippen LogP contribution in [0.4, 0.5) is 0 Å². The first-order valence-electron chi connectivity index (χ1n) is 13.0. The number of benzene rings is 2. The smallest absolute Gasteiger partial charge is 0.347 e. The standard InChI is InChI=1S/C27H32O15/c1-9-3-10-4-11-5-12(37-2)6-13(16(11)20(31)17(10)25(36)39-9)40-27-24(35)22(33)19(30)15(42-27)8-38-26-23(34)21(32)18(29)14(7-28)41-26/h3-6,14-15,18-19,21-24,26-35H,7-8H2,1-2H3/t14-,15-,18-,19-,21+,22+,23-,24-,26-,27-/m1/s1. The van der Waals surface area contributed by atoms with Crippen LogP contribution >= 0.6 is 0 Å². The largest absolute Gasteiger partial charge is 0.506 e. The zero-order valence-electron chi connectivity index (χ0n) is 22.4. The predicted octanol–water partition coefficient (Wildman–Crippen LogP) is -2.03. The zero-order chi connectivity index (χ0) is 30.5. The maximum absolute atomic E-state index is 12.6. The molecule has 2 fully saturated rings. The Morgan fingerprint density at radius 3 is 2.07 bits per heavy atom. The van der Waals surface area contributed by atoms with Crippen molar-refractivity contribution in [1.29, 1.82) is 0 Å². The number of ether oxygens (including phenoxy) is 5. The van der Waals surface area contributed by atoms with Crippen molar-refractivity contribution in [3.63, 3.8) is 0 Å². The van der Waals surface area contributed by atoms with Gasteiger partial charge in [-0.2, -0.15) is 0 Å². The first-order valence-corrected chi connectivity index (χ1v) is 13.0. The van der Waals surface area contributed by atoms with Gasteiger partial charge in [0.25, 0.3) is 0 Å². The minimum Gasteiger partial charge on any atom is -0.506 e. The van der Waals surface area contributed by atoms with E-state index >= 15 is 0 Å². The van der Waals surface area contributed by atoms with Crippen molar-refractivity contribution in [2.45, 2.75) is 68.3 Å². The fourth-order valence-electron chi connectivity index (χ4n) is 5.14. The number of phenolic OH excluding ortho intramolecular Hbond substituents is 1. The molecule has 0 bridgehead atoms. The van der Waals surface area contributed by atoms with Gasteiger partial charge in [-0.3, -0.25) is 0 Å². The number of hydrogen-bond donors (Lipinski definition) is 8. The number of phenols is 1. The minimum absolute atomic E-state index is 0.0463. The van der Waals surface area contributed by atoms with Crippen LogP contribution < -0.4 is 15.1 Å². The number of hydrogen-bond acceptors (Lipinski definition) is 15. The SMILES string of the molecule is COc1cc(O[C@@H]2O[C@H](CO[C@@H]3O[C@H](CO)[C@@H](O)[C@H](O)[C@H]3O)[C@@H](O)[C@H](O)[C@H]2O)c2c(O)c3c(=O)oc(C)cc3cc2c1. The second-order valence-corrected chi connectivity index (χ2v) is 10.2. The van der Waals surface area contributed by atoms with E-state index in [-0.39, 0.29) is 22.3 Å². The number of aromatic hydroxyl groups is 1. The molecule has 0 aliphatic carbocycles. The van der Waals surface area contributed by atoms with Crippen LogP contribution in [-0.4, -0.2) is 123 Å². The fraction of sp³-hybridized carbons (Fsp3) is 0.519. The summed E-state index contributed by atoms with van der Waals surface area (Å²) in [6.07, 6.45) is -16.2. The van der Waals surface area contributed by atoms with Crippen LogP contribution in [-0.2, 0) is 14.2 Å². The lowest BCUT2D eigenvalue weighted by atomic mass is 9.98. The molecule has 15 nitrogen and oxygen atoms in total. The molecule has 1 aromatic heterocycles. The molecule has 3 aromatic rings.